The normalized spacial score (nSPS) is 11.8. The zero-order valence-corrected chi connectivity index (χ0v) is 15.7. The van der Waals surface area contributed by atoms with E-state index in [4.69, 9.17) is 4.74 Å². The number of benzene rings is 2. The van der Waals surface area contributed by atoms with Gasteiger partial charge in [-0.15, -0.1) is 0 Å². The summed E-state index contributed by atoms with van der Waals surface area (Å²) in [4.78, 5) is 25.8. The second kappa shape index (κ2) is 7.20. The Hall–Kier alpha value is -3.00. The van der Waals surface area contributed by atoms with Gasteiger partial charge < -0.3 is 9.84 Å². The number of ether oxygens (including phenoxy) is 1. The van der Waals surface area contributed by atoms with Crippen molar-refractivity contribution < 1.29 is 18.6 Å². The van der Waals surface area contributed by atoms with Crippen molar-refractivity contribution in [1.82, 2.24) is 9.13 Å². The van der Waals surface area contributed by atoms with Crippen LogP contribution in [-0.2, 0) is 13.1 Å². The summed E-state index contributed by atoms with van der Waals surface area (Å²) in [5.74, 6) is -1.86. The molecule has 0 spiro atoms. The molecular weight excluding hydrogens is 370 g/mol. The minimum atomic E-state index is -1.39. The fraction of sp³-hybridized carbons (Fsp3) is 0.300. The van der Waals surface area contributed by atoms with Crippen molar-refractivity contribution in [2.75, 3.05) is 7.11 Å². The maximum atomic E-state index is 14.5. The highest BCUT2D eigenvalue weighted by molar-refractivity contribution is 5.78. The van der Waals surface area contributed by atoms with Gasteiger partial charge in [0.2, 0.25) is 0 Å². The molecule has 0 aliphatic rings. The molecule has 0 saturated heterocycles. The summed E-state index contributed by atoms with van der Waals surface area (Å²) in [6.07, 6.45) is 0. The summed E-state index contributed by atoms with van der Waals surface area (Å²) in [5.41, 5.74) is -2.76. The van der Waals surface area contributed by atoms with Crippen molar-refractivity contribution in [3.05, 3.63) is 74.4 Å². The van der Waals surface area contributed by atoms with Gasteiger partial charge in [-0.3, -0.25) is 13.9 Å². The highest BCUT2D eigenvalue weighted by atomic mass is 19.2. The van der Waals surface area contributed by atoms with Crippen molar-refractivity contribution in [1.29, 1.82) is 0 Å². The summed E-state index contributed by atoms with van der Waals surface area (Å²) in [6, 6.07) is 8.75. The van der Waals surface area contributed by atoms with Gasteiger partial charge in [0.15, 0.2) is 11.6 Å². The Morgan fingerprint density at radius 1 is 1.04 bits per heavy atom. The number of aliphatic hydroxyl groups is 1. The Balaban J connectivity index is 2.27. The third-order valence-corrected chi connectivity index (χ3v) is 4.32. The molecule has 0 aliphatic heterocycles. The van der Waals surface area contributed by atoms with Crippen LogP contribution in [0.4, 0.5) is 8.78 Å². The third kappa shape index (κ3) is 3.68. The molecule has 3 aromatic rings. The largest absolute Gasteiger partial charge is 0.497 e. The molecule has 0 unspecified atom stereocenters. The molecule has 6 nitrogen and oxygen atoms in total. The van der Waals surface area contributed by atoms with Gasteiger partial charge in [-0.25, -0.2) is 13.6 Å². The van der Waals surface area contributed by atoms with Crippen molar-refractivity contribution >= 4 is 10.9 Å². The van der Waals surface area contributed by atoms with Crippen LogP contribution >= 0.6 is 0 Å². The number of hydrogen-bond donors (Lipinski definition) is 1. The van der Waals surface area contributed by atoms with Crippen LogP contribution in [0.1, 0.15) is 19.4 Å². The summed E-state index contributed by atoms with van der Waals surface area (Å²) in [5, 5.41) is 10.0. The molecule has 0 bridgehead atoms. The molecule has 8 heteroatoms. The zero-order valence-electron chi connectivity index (χ0n) is 15.7. The number of aromatic nitrogens is 2. The first-order valence-electron chi connectivity index (χ1n) is 8.59. The molecule has 0 amide bonds. The standard InChI is InChI=1S/C20H20F2N2O4/c1-20(2,27)11-24-17-14(8-9-15(21)16(17)22)18(25)23(19(24)26)10-12-4-6-13(28-3)7-5-12/h4-9,27H,10-11H2,1-3H3. The zero-order chi connectivity index (χ0) is 20.6. The quantitative estimate of drug-likeness (QED) is 0.725. The van der Waals surface area contributed by atoms with E-state index in [1.54, 1.807) is 24.3 Å². The van der Waals surface area contributed by atoms with Gasteiger partial charge in [0.1, 0.15) is 5.75 Å². The van der Waals surface area contributed by atoms with Gasteiger partial charge >= 0.3 is 5.69 Å². The smallest absolute Gasteiger partial charge is 0.331 e. The monoisotopic (exact) mass is 390 g/mol. The average Bonchev–Trinajstić information content (AvgIpc) is 2.64. The fourth-order valence-electron chi connectivity index (χ4n) is 3.04. The number of hydrogen-bond acceptors (Lipinski definition) is 4. The highest BCUT2D eigenvalue weighted by Crippen LogP contribution is 2.19. The molecule has 0 radical (unpaired) electrons. The van der Waals surface area contributed by atoms with Crippen LogP contribution < -0.4 is 16.0 Å². The van der Waals surface area contributed by atoms with E-state index in [9.17, 15) is 23.5 Å². The lowest BCUT2D eigenvalue weighted by Crippen LogP contribution is -2.43. The molecule has 0 saturated carbocycles. The second-order valence-corrected chi connectivity index (χ2v) is 7.18. The summed E-state index contributed by atoms with van der Waals surface area (Å²) in [7, 11) is 1.52. The van der Waals surface area contributed by atoms with E-state index >= 15 is 0 Å². The first-order chi connectivity index (χ1) is 13.1. The Morgan fingerprint density at radius 3 is 2.25 bits per heavy atom. The van der Waals surface area contributed by atoms with Crippen LogP contribution in [0.5, 0.6) is 5.75 Å². The summed E-state index contributed by atoms with van der Waals surface area (Å²) < 4.78 is 35.2. The van der Waals surface area contributed by atoms with E-state index in [-0.39, 0.29) is 18.5 Å². The van der Waals surface area contributed by atoms with E-state index in [1.165, 1.54) is 21.0 Å². The highest BCUT2D eigenvalue weighted by Gasteiger charge is 2.23. The lowest BCUT2D eigenvalue weighted by atomic mass is 10.1. The first kappa shape index (κ1) is 19.8. The van der Waals surface area contributed by atoms with Crippen molar-refractivity contribution in [2.45, 2.75) is 32.5 Å². The molecule has 1 aromatic heterocycles. The molecule has 2 aromatic carbocycles. The second-order valence-electron chi connectivity index (χ2n) is 7.18. The minimum absolute atomic E-state index is 0.0670. The van der Waals surface area contributed by atoms with Gasteiger partial charge in [-0.2, -0.15) is 0 Å². The predicted octanol–water partition coefficient (Wildman–Crippen LogP) is 2.27. The Morgan fingerprint density at radius 2 is 1.68 bits per heavy atom. The third-order valence-electron chi connectivity index (χ3n) is 4.32. The van der Waals surface area contributed by atoms with Crippen LogP contribution in [0, 0.1) is 11.6 Å². The molecule has 1 heterocycles. The van der Waals surface area contributed by atoms with E-state index in [0.29, 0.717) is 11.3 Å². The number of halogens is 2. The minimum Gasteiger partial charge on any atom is -0.497 e. The number of fused-ring (bicyclic) bond motifs is 1. The SMILES string of the molecule is COc1ccc(Cn2c(=O)c3ccc(F)c(F)c3n(CC(C)(C)O)c2=O)cc1. The Labute approximate surface area is 159 Å². The van der Waals surface area contributed by atoms with Crippen molar-refractivity contribution in [2.24, 2.45) is 0 Å². The molecule has 3 rings (SSSR count). The van der Waals surface area contributed by atoms with Gasteiger partial charge in [-0.05, 0) is 43.7 Å². The van der Waals surface area contributed by atoms with Crippen LogP contribution in [-0.4, -0.2) is 27.0 Å². The van der Waals surface area contributed by atoms with Crippen LogP contribution in [0.25, 0.3) is 10.9 Å². The molecule has 0 fully saturated rings. The number of methoxy groups -OCH3 is 1. The maximum Gasteiger partial charge on any atom is 0.331 e. The summed E-state index contributed by atoms with van der Waals surface area (Å²) in [6.45, 7) is 2.48. The van der Waals surface area contributed by atoms with Crippen LogP contribution in [0.3, 0.4) is 0 Å². The predicted molar refractivity (Wildman–Crippen MR) is 101 cm³/mol. The first-order valence-corrected chi connectivity index (χ1v) is 8.59. The Bertz CT molecular complexity index is 1140. The molecule has 0 atom stereocenters. The van der Waals surface area contributed by atoms with Gasteiger partial charge in [0.25, 0.3) is 5.56 Å². The Kier molecular flexibility index (Phi) is 5.08. The fourth-order valence-corrected chi connectivity index (χ4v) is 3.04. The van der Waals surface area contributed by atoms with E-state index in [0.717, 1.165) is 21.3 Å². The van der Waals surface area contributed by atoms with Gasteiger partial charge in [0, 0.05) is 0 Å². The average molecular weight is 390 g/mol. The van der Waals surface area contributed by atoms with Gasteiger partial charge in [-0.1, -0.05) is 12.1 Å². The van der Waals surface area contributed by atoms with E-state index in [1.807, 2.05) is 0 Å². The van der Waals surface area contributed by atoms with E-state index in [2.05, 4.69) is 0 Å². The topological polar surface area (TPSA) is 73.5 Å². The lowest BCUT2D eigenvalue weighted by molar-refractivity contribution is 0.0608. The number of rotatable bonds is 5. The van der Waals surface area contributed by atoms with Crippen LogP contribution in [0.2, 0.25) is 0 Å². The van der Waals surface area contributed by atoms with Gasteiger partial charge in [0.05, 0.1) is 36.7 Å². The van der Waals surface area contributed by atoms with Crippen molar-refractivity contribution in [3.8, 4) is 5.75 Å². The van der Waals surface area contributed by atoms with E-state index < -0.39 is 34.0 Å². The van der Waals surface area contributed by atoms with Crippen molar-refractivity contribution in [3.63, 3.8) is 0 Å². The molecule has 0 aliphatic carbocycles. The van der Waals surface area contributed by atoms with Crippen LogP contribution in [0.15, 0.2) is 46.0 Å². The molecule has 28 heavy (non-hydrogen) atoms. The number of nitrogens with zero attached hydrogens (tertiary/aromatic N) is 2. The lowest BCUT2D eigenvalue weighted by Gasteiger charge is -2.21. The maximum absolute atomic E-state index is 14.5. The molecular formula is C20H20F2N2O4. The molecule has 148 valence electrons. The summed E-state index contributed by atoms with van der Waals surface area (Å²) >= 11 is 0. The molecule has 1 N–H and O–H groups in total.